The van der Waals surface area contributed by atoms with Crippen molar-refractivity contribution in [3.05, 3.63) is 65.7 Å². The minimum absolute atomic E-state index is 0.161. The number of carbonyl (C=O) groups is 1. The van der Waals surface area contributed by atoms with Crippen molar-refractivity contribution in [1.82, 2.24) is 9.21 Å². The highest BCUT2D eigenvalue weighted by atomic mass is 32.2. The summed E-state index contributed by atoms with van der Waals surface area (Å²) in [7, 11) is -0.290. The lowest BCUT2D eigenvalue weighted by atomic mass is 10.2. The summed E-state index contributed by atoms with van der Waals surface area (Å²) in [5.74, 6) is 0.411. The number of rotatable bonds is 8. The van der Waals surface area contributed by atoms with Crippen LogP contribution in [0.1, 0.15) is 11.1 Å². The first-order valence-corrected chi connectivity index (χ1v) is 10.0. The maximum Gasteiger partial charge on any atom is 0.237 e. The first kappa shape index (κ1) is 19.9. The number of benzene rings is 2. The number of methoxy groups -OCH3 is 1. The van der Waals surface area contributed by atoms with Gasteiger partial charge in [0.05, 0.1) is 19.9 Å². The Kier molecular flexibility index (Phi) is 6.76. The molecule has 26 heavy (non-hydrogen) atoms. The SMILES string of the molecule is COc1ccccc1CN(C)C(=O)CN(Cc1ccccc1)S(C)(=O)=O. The van der Waals surface area contributed by atoms with E-state index in [1.54, 1.807) is 14.2 Å². The first-order valence-electron chi connectivity index (χ1n) is 8.16. The van der Waals surface area contributed by atoms with E-state index in [1.165, 1.54) is 9.21 Å². The molecule has 0 heterocycles. The Morgan fingerprint density at radius 3 is 2.23 bits per heavy atom. The maximum atomic E-state index is 12.6. The molecular weight excluding hydrogens is 352 g/mol. The van der Waals surface area contributed by atoms with Gasteiger partial charge < -0.3 is 9.64 Å². The third-order valence-electron chi connectivity index (χ3n) is 4.01. The summed E-state index contributed by atoms with van der Waals surface area (Å²) in [5.41, 5.74) is 1.69. The zero-order chi connectivity index (χ0) is 19.2. The molecule has 2 aromatic rings. The van der Waals surface area contributed by atoms with E-state index >= 15 is 0 Å². The largest absolute Gasteiger partial charge is 0.496 e. The second-order valence-corrected chi connectivity index (χ2v) is 8.06. The number of nitrogens with zero attached hydrogens (tertiary/aromatic N) is 2. The Bertz CT molecular complexity index is 838. The first-order chi connectivity index (χ1) is 12.3. The number of carbonyl (C=O) groups excluding carboxylic acids is 1. The number of ether oxygens (including phenoxy) is 1. The molecule has 0 fully saturated rings. The second kappa shape index (κ2) is 8.82. The van der Waals surface area contributed by atoms with Crippen LogP contribution >= 0.6 is 0 Å². The Labute approximate surface area is 155 Å². The molecule has 0 spiro atoms. The molecular formula is C19H24N2O4S. The normalized spacial score (nSPS) is 11.4. The molecule has 0 aliphatic rings. The lowest BCUT2D eigenvalue weighted by Crippen LogP contribution is -2.40. The van der Waals surface area contributed by atoms with Crippen LogP contribution in [0.4, 0.5) is 0 Å². The number of hydrogen-bond acceptors (Lipinski definition) is 4. The second-order valence-electron chi connectivity index (χ2n) is 6.08. The fourth-order valence-electron chi connectivity index (χ4n) is 2.53. The molecule has 7 heteroatoms. The maximum absolute atomic E-state index is 12.6. The van der Waals surface area contributed by atoms with E-state index in [0.717, 1.165) is 17.4 Å². The monoisotopic (exact) mass is 376 g/mol. The topological polar surface area (TPSA) is 66.9 Å². The summed E-state index contributed by atoms with van der Waals surface area (Å²) >= 11 is 0. The average Bonchev–Trinajstić information content (AvgIpc) is 2.61. The molecule has 6 nitrogen and oxygen atoms in total. The van der Waals surface area contributed by atoms with Crippen LogP contribution in [-0.4, -0.2) is 50.5 Å². The molecule has 0 unspecified atom stereocenters. The fourth-order valence-corrected chi connectivity index (χ4v) is 3.25. The van der Waals surface area contributed by atoms with Crippen LogP contribution in [0.15, 0.2) is 54.6 Å². The third kappa shape index (κ3) is 5.57. The Morgan fingerprint density at radius 2 is 1.62 bits per heavy atom. The zero-order valence-corrected chi connectivity index (χ0v) is 16.1. The number of hydrogen-bond donors (Lipinski definition) is 0. The smallest absolute Gasteiger partial charge is 0.237 e. The molecule has 0 radical (unpaired) electrons. The number of amides is 1. The van der Waals surface area contributed by atoms with Gasteiger partial charge in [-0.3, -0.25) is 4.79 Å². The molecule has 2 rings (SSSR count). The van der Waals surface area contributed by atoms with Gasteiger partial charge in [-0.15, -0.1) is 0 Å². The molecule has 0 aromatic heterocycles. The predicted molar refractivity (Wildman–Crippen MR) is 101 cm³/mol. The van der Waals surface area contributed by atoms with E-state index in [4.69, 9.17) is 4.74 Å². The Morgan fingerprint density at radius 1 is 1.00 bits per heavy atom. The summed E-state index contributed by atoms with van der Waals surface area (Å²) < 4.78 is 30.7. The fraction of sp³-hybridized carbons (Fsp3) is 0.316. The van der Waals surface area contributed by atoms with Crippen molar-refractivity contribution in [1.29, 1.82) is 0 Å². The van der Waals surface area contributed by atoms with E-state index in [9.17, 15) is 13.2 Å². The summed E-state index contributed by atoms with van der Waals surface area (Å²) in [6, 6.07) is 16.6. The van der Waals surface area contributed by atoms with Crippen molar-refractivity contribution in [3.8, 4) is 5.75 Å². The van der Waals surface area contributed by atoms with E-state index in [-0.39, 0.29) is 19.0 Å². The van der Waals surface area contributed by atoms with Crippen molar-refractivity contribution in [2.24, 2.45) is 0 Å². The molecule has 0 bridgehead atoms. The number of likely N-dealkylation sites (N-methyl/N-ethyl adjacent to an activating group) is 1. The highest BCUT2D eigenvalue weighted by Gasteiger charge is 2.22. The van der Waals surface area contributed by atoms with Crippen LogP contribution < -0.4 is 4.74 Å². The molecule has 0 aliphatic carbocycles. The molecule has 0 saturated heterocycles. The molecule has 0 N–H and O–H groups in total. The van der Waals surface area contributed by atoms with Gasteiger partial charge in [-0.05, 0) is 11.6 Å². The van der Waals surface area contributed by atoms with Crippen LogP contribution in [0.25, 0.3) is 0 Å². The van der Waals surface area contributed by atoms with E-state index in [1.807, 2.05) is 54.6 Å². The van der Waals surface area contributed by atoms with E-state index in [0.29, 0.717) is 12.3 Å². The molecule has 0 saturated carbocycles. The summed E-state index contributed by atoms with van der Waals surface area (Å²) in [6.07, 6.45) is 1.11. The van der Waals surface area contributed by atoms with Gasteiger partial charge in [-0.2, -0.15) is 4.31 Å². The molecule has 0 atom stereocenters. The van der Waals surface area contributed by atoms with E-state index < -0.39 is 10.0 Å². The van der Waals surface area contributed by atoms with Gasteiger partial charge in [0.25, 0.3) is 0 Å². The highest BCUT2D eigenvalue weighted by Crippen LogP contribution is 2.19. The zero-order valence-electron chi connectivity index (χ0n) is 15.3. The van der Waals surface area contributed by atoms with Crippen LogP contribution in [0.3, 0.4) is 0 Å². The lowest BCUT2D eigenvalue weighted by molar-refractivity contribution is -0.130. The van der Waals surface area contributed by atoms with Crippen molar-refractivity contribution in [2.75, 3.05) is 27.0 Å². The summed E-state index contributed by atoms with van der Waals surface area (Å²) in [5, 5.41) is 0. The van der Waals surface area contributed by atoms with Crippen LogP contribution in [0, 0.1) is 0 Å². The molecule has 1 amide bonds. The van der Waals surface area contributed by atoms with Crippen molar-refractivity contribution in [3.63, 3.8) is 0 Å². The Balaban J connectivity index is 2.08. The van der Waals surface area contributed by atoms with Gasteiger partial charge in [0.1, 0.15) is 5.75 Å². The van der Waals surface area contributed by atoms with Gasteiger partial charge >= 0.3 is 0 Å². The van der Waals surface area contributed by atoms with Crippen molar-refractivity contribution >= 4 is 15.9 Å². The van der Waals surface area contributed by atoms with Crippen molar-refractivity contribution < 1.29 is 17.9 Å². The molecule has 2 aromatic carbocycles. The standard InChI is InChI=1S/C19H24N2O4S/c1-20(14-17-11-7-8-12-18(17)25-2)19(22)15-21(26(3,23)24)13-16-9-5-4-6-10-16/h4-12H,13-15H2,1-3H3. The van der Waals surface area contributed by atoms with Crippen molar-refractivity contribution in [2.45, 2.75) is 13.1 Å². The quantitative estimate of drug-likeness (QED) is 0.708. The summed E-state index contributed by atoms with van der Waals surface area (Å²) in [6.45, 7) is 0.291. The van der Waals surface area contributed by atoms with Crippen LogP contribution in [0.5, 0.6) is 5.75 Å². The highest BCUT2D eigenvalue weighted by molar-refractivity contribution is 7.88. The molecule has 0 aliphatic heterocycles. The third-order valence-corrected chi connectivity index (χ3v) is 5.20. The number of para-hydroxylation sites is 1. The van der Waals surface area contributed by atoms with Gasteiger partial charge in [-0.25, -0.2) is 8.42 Å². The average molecular weight is 376 g/mol. The van der Waals surface area contributed by atoms with E-state index in [2.05, 4.69) is 0 Å². The van der Waals surface area contributed by atoms with Gasteiger partial charge in [0.15, 0.2) is 0 Å². The lowest BCUT2D eigenvalue weighted by Gasteiger charge is -2.24. The number of sulfonamides is 1. The van der Waals surface area contributed by atoms with Crippen LogP contribution in [0.2, 0.25) is 0 Å². The van der Waals surface area contributed by atoms with Gasteiger partial charge in [0.2, 0.25) is 15.9 Å². The minimum atomic E-state index is -3.52. The van der Waals surface area contributed by atoms with Gasteiger partial charge in [-0.1, -0.05) is 48.5 Å². The predicted octanol–water partition coefficient (Wildman–Crippen LogP) is 2.12. The summed E-state index contributed by atoms with van der Waals surface area (Å²) in [4.78, 5) is 14.1. The minimum Gasteiger partial charge on any atom is -0.496 e. The Hall–Kier alpha value is -2.38. The van der Waals surface area contributed by atoms with Crippen LogP contribution in [-0.2, 0) is 27.9 Å². The van der Waals surface area contributed by atoms with Gasteiger partial charge in [0, 0.05) is 25.7 Å². The molecule has 140 valence electrons.